The second kappa shape index (κ2) is 10.8. The van der Waals surface area contributed by atoms with E-state index in [2.05, 4.69) is 39.0 Å². The lowest BCUT2D eigenvalue weighted by molar-refractivity contribution is 0.459. The second-order valence-electron chi connectivity index (χ2n) is 4.03. The van der Waals surface area contributed by atoms with Crippen LogP contribution in [0.5, 0.6) is 0 Å². The first-order chi connectivity index (χ1) is 9.58. The minimum absolute atomic E-state index is 0.264. The van der Waals surface area contributed by atoms with Gasteiger partial charge in [-0.1, -0.05) is 30.3 Å². The fraction of sp³-hybridized carbons (Fsp3) is 0.455. The summed E-state index contributed by atoms with van der Waals surface area (Å²) in [4.78, 5) is 0. The van der Waals surface area contributed by atoms with E-state index in [1.165, 1.54) is 5.56 Å². The van der Waals surface area contributed by atoms with Gasteiger partial charge in [-0.2, -0.15) is 0 Å². The molecule has 122 valence electrons. The smallest absolute Gasteiger partial charge is 0.339 e. The number of unbranched alkanes of at least 4 members (excludes halogenated alkanes) is 1. The normalized spacial score (nSPS) is 11.6. The number of hydrogen-bond donors (Lipinski definition) is 1. The Morgan fingerprint density at radius 3 is 2.10 bits per heavy atom. The molecule has 10 heteroatoms. The summed E-state index contributed by atoms with van der Waals surface area (Å²) in [6.07, 6.45) is 1.13. The topological polar surface area (TPSA) is 86.3 Å². The van der Waals surface area contributed by atoms with E-state index in [1.54, 1.807) is 0 Å². The van der Waals surface area contributed by atoms with Gasteiger partial charge in [0, 0.05) is 12.3 Å². The average molecular weight is 396 g/mol. The largest absolute Gasteiger partial charge is 0.748 e. The molecule has 1 aromatic carbocycles. The number of rotatable bonds is 7. The summed E-state index contributed by atoms with van der Waals surface area (Å²) in [7, 11) is -4.04. The molecule has 0 aromatic heterocycles. The van der Waals surface area contributed by atoms with Crippen LogP contribution in [0.4, 0.5) is 0 Å². The number of hydrogen-bond acceptors (Lipinski definition) is 5. The van der Waals surface area contributed by atoms with Crippen molar-refractivity contribution in [2.45, 2.75) is 19.4 Å². The fourth-order valence-electron chi connectivity index (χ4n) is 1.36. The van der Waals surface area contributed by atoms with E-state index >= 15 is 0 Å². The summed E-state index contributed by atoms with van der Waals surface area (Å²) < 4.78 is 40.4. The lowest BCUT2D eigenvalue weighted by Crippen LogP contribution is -2.15. The van der Waals surface area contributed by atoms with E-state index in [-0.39, 0.29) is 5.75 Å². The predicted molar refractivity (Wildman–Crippen MR) is 87.1 cm³/mol. The maximum absolute atomic E-state index is 10.3. The molecule has 0 radical (unpaired) electrons. The van der Waals surface area contributed by atoms with Crippen molar-refractivity contribution in [2.75, 3.05) is 12.3 Å². The number of halogens is 3. The fourth-order valence-corrected chi connectivity index (χ4v) is 1.92. The molecule has 0 amide bonds. The van der Waals surface area contributed by atoms with Crippen molar-refractivity contribution < 1.29 is 17.5 Å². The van der Waals surface area contributed by atoms with Gasteiger partial charge in [0.25, 0.3) is 0 Å². The Morgan fingerprint density at radius 2 is 1.62 bits per heavy atom. The zero-order valence-corrected chi connectivity index (χ0v) is 15.0. The van der Waals surface area contributed by atoms with Crippen molar-refractivity contribution in [1.82, 2.24) is 5.32 Å². The van der Waals surface area contributed by atoms with Gasteiger partial charge in [0.15, 0.2) is 0 Å². The predicted octanol–water partition coefficient (Wildman–Crippen LogP) is 3.91. The van der Waals surface area contributed by atoms with Gasteiger partial charge in [-0.25, -0.2) is 8.42 Å². The van der Waals surface area contributed by atoms with Gasteiger partial charge in [0.05, 0.1) is 10.1 Å². The quantitative estimate of drug-likeness (QED) is 0.430. The maximum atomic E-state index is 10.3. The van der Waals surface area contributed by atoms with Crippen LogP contribution in [0, 0.1) is 0 Å². The molecule has 0 aliphatic heterocycles. The number of nitrogens with one attached hydrogen (secondary N) is 1. The molecule has 0 saturated carbocycles. The third kappa shape index (κ3) is 20.2. The Hall–Kier alpha value is 0.190. The first-order valence-electron chi connectivity index (χ1n) is 5.95. The van der Waals surface area contributed by atoms with Gasteiger partial charge in [-0.15, -0.1) is 0 Å². The summed E-state index contributed by atoms with van der Waals surface area (Å²) in [6.45, 7) is 1.50. The van der Waals surface area contributed by atoms with Crippen molar-refractivity contribution >= 4 is 49.0 Å². The molecule has 0 bridgehead atoms. The van der Waals surface area contributed by atoms with Crippen LogP contribution in [0.25, 0.3) is 0 Å². The lowest BCUT2D eigenvalue weighted by Gasteiger charge is -2.07. The van der Waals surface area contributed by atoms with E-state index < -0.39 is 15.3 Å². The maximum Gasteiger partial charge on any atom is 0.339 e. The van der Waals surface area contributed by atoms with Crippen LogP contribution in [0.1, 0.15) is 18.4 Å². The van der Waals surface area contributed by atoms with E-state index in [0.717, 1.165) is 13.1 Å². The molecule has 0 atom stereocenters. The Kier molecular flexibility index (Phi) is 10.9. The highest BCUT2D eigenvalue weighted by molar-refractivity contribution is 8.24. The van der Waals surface area contributed by atoms with E-state index in [0.29, 0.717) is 12.8 Å². The third-order valence-corrected chi connectivity index (χ3v) is 2.96. The molecule has 0 saturated heterocycles. The van der Waals surface area contributed by atoms with Crippen molar-refractivity contribution in [1.29, 1.82) is 0 Å². The molecule has 1 rings (SSSR count). The zero-order chi connectivity index (χ0) is 16.4. The molecular formula is C11H16Cl3NO4PS-. The summed E-state index contributed by atoms with van der Waals surface area (Å²) in [5.41, 5.74) is 1.19. The van der Waals surface area contributed by atoms with Crippen LogP contribution in [-0.4, -0.2) is 25.3 Å². The second-order valence-corrected chi connectivity index (χ2v) is 12.2. The van der Waals surface area contributed by atoms with Crippen LogP contribution in [0.2, 0.25) is 0 Å². The molecule has 0 heterocycles. The van der Waals surface area contributed by atoms with Gasteiger partial charge in [-0.05, 0) is 58.7 Å². The first-order valence-corrected chi connectivity index (χ1v) is 11.9. The van der Waals surface area contributed by atoms with Gasteiger partial charge < -0.3 is 9.87 Å². The summed E-state index contributed by atoms with van der Waals surface area (Å²) in [6, 6.07) is 9.95. The molecule has 5 nitrogen and oxygen atoms in total. The number of benzene rings is 1. The Balaban J connectivity index is 0.000000690. The van der Waals surface area contributed by atoms with Crippen LogP contribution in [0.3, 0.4) is 0 Å². The van der Waals surface area contributed by atoms with Crippen molar-refractivity contribution in [3.63, 3.8) is 0 Å². The highest BCUT2D eigenvalue weighted by Crippen LogP contribution is 2.61. The lowest BCUT2D eigenvalue weighted by atomic mass is 10.2. The molecule has 0 aliphatic carbocycles. The highest BCUT2D eigenvalue weighted by Gasteiger charge is 2.03. The summed E-state index contributed by atoms with van der Waals surface area (Å²) in [5, 5.41) is -0.0312. The van der Waals surface area contributed by atoms with Gasteiger partial charge in [0.2, 0.25) is 0 Å². The van der Waals surface area contributed by atoms with E-state index in [1.807, 2.05) is 30.3 Å². The highest BCUT2D eigenvalue weighted by atomic mass is 36.0. The Morgan fingerprint density at radius 1 is 1.10 bits per heavy atom. The Labute approximate surface area is 139 Å². The molecule has 1 N–H and O–H groups in total. The van der Waals surface area contributed by atoms with Crippen LogP contribution < -0.4 is 5.32 Å². The summed E-state index contributed by atoms with van der Waals surface area (Å²) in [5.74, 6) is -0.264. The van der Waals surface area contributed by atoms with Crippen LogP contribution >= 0.6 is 38.9 Å². The van der Waals surface area contributed by atoms with E-state index in [4.69, 9.17) is 0 Å². The van der Waals surface area contributed by atoms with Gasteiger partial charge in [0.1, 0.15) is 0 Å². The molecule has 1 aromatic rings. The molecule has 0 unspecified atom stereocenters. The van der Waals surface area contributed by atoms with Crippen molar-refractivity contribution in [3.8, 4) is 0 Å². The molecule has 0 spiro atoms. The summed E-state index contributed by atoms with van der Waals surface area (Å²) >= 11 is 13.8. The van der Waals surface area contributed by atoms with Gasteiger partial charge >= 0.3 is 5.20 Å². The van der Waals surface area contributed by atoms with Crippen LogP contribution in [-0.2, 0) is 21.2 Å². The first kappa shape index (κ1) is 21.2. The zero-order valence-electron chi connectivity index (χ0n) is 11.0. The van der Waals surface area contributed by atoms with E-state index in [9.17, 15) is 17.5 Å². The Bertz CT molecular complexity index is 527. The molecule has 0 aliphatic rings. The molecule has 0 fully saturated rings. The molecular weight excluding hydrogens is 380 g/mol. The standard InChI is InChI=1S/C11H17NO3S.Cl3OP/c13-16(14,15)9-5-4-8-12-10-11-6-2-1-3-7-11;1-5(2,3)4/h1-3,6-7,12H,4-5,8-10H2,(H,13,14,15);/p-1. The van der Waals surface area contributed by atoms with Crippen molar-refractivity contribution in [3.05, 3.63) is 35.9 Å². The average Bonchev–Trinajstić information content (AvgIpc) is 2.31. The molecule has 21 heavy (non-hydrogen) atoms. The minimum atomic E-state index is -4.04. The van der Waals surface area contributed by atoms with Gasteiger partial charge in [-0.3, -0.25) is 4.57 Å². The third-order valence-electron chi connectivity index (χ3n) is 2.17. The minimum Gasteiger partial charge on any atom is -0.748 e. The van der Waals surface area contributed by atoms with Crippen molar-refractivity contribution in [2.24, 2.45) is 0 Å². The monoisotopic (exact) mass is 394 g/mol. The SMILES string of the molecule is O=P(Cl)(Cl)Cl.O=S(=O)([O-])CCCCNCc1ccccc1. The van der Waals surface area contributed by atoms with Crippen LogP contribution in [0.15, 0.2) is 30.3 Å².